The number of hydrogen-bond donors (Lipinski definition) is 2. The Balaban J connectivity index is 0.00000364. The van der Waals surface area contributed by atoms with Crippen molar-refractivity contribution in [2.75, 3.05) is 40.3 Å². The van der Waals surface area contributed by atoms with Crippen LogP contribution in [0.1, 0.15) is 64.7 Å². The van der Waals surface area contributed by atoms with E-state index in [0.717, 1.165) is 18.9 Å². The first-order valence-electron chi connectivity index (χ1n) is 10.6. The summed E-state index contributed by atoms with van der Waals surface area (Å²) in [6.45, 7) is 5.90. The summed E-state index contributed by atoms with van der Waals surface area (Å²) >= 11 is 0. The molecule has 0 spiro atoms. The van der Waals surface area contributed by atoms with Crippen LogP contribution in [0, 0.1) is 0 Å². The molecule has 2 N–H and O–H groups in total. The van der Waals surface area contributed by atoms with E-state index in [-0.39, 0.29) is 36.4 Å². The van der Waals surface area contributed by atoms with E-state index >= 15 is 0 Å². The lowest BCUT2D eigenvalue weighted by molar-refractivity contribution is -0.127. The number of likely N-dealkylation sites (N-methyl/N-ethyl adjacent to an activating group) is 1. The third kappa shape index (κ3) is 9.45. The zero-order chi connectivity index (χ0) is 18.8. The van der Waals surface area contributed by atoms with E-state index in [4.69, 9.17) is 0 Å². The van der Waals surface area contributed by atoms with Crippen molar-refractivity contribution < 1.29 is 4.79 Å². The molecule has 1 atom stereocenters. The van der Waals surface area contributed by atoms with Crippen LogP contribution < -0.4 is 10.6 Å². The minimum atomic E-state index is 0. The van der Waals surface area contributed by atoms with Crippen molar-refractivity contribution in [3.8, 4) is 0 Å². The predicted octanol–water partition coefficient (Wildman–Crippen LogP) is 2.83. The van der Waals surface area contributed by atoms with Crippen LogP contribution in [-0.4, -0.2) is 74.0 Å². The first kappa shape index (κ1) is 24.5. The molecule has 2 rings (SSSR count). The van der Waals surface area contributed by atoms with Gasteiger partial charge in [0.1, 0.15) is 6.54 Å². The van der Waals surface area contributed by atoms with E-state index in [1.165, 1.54) is 64.5 Å². The molecule has 7 heteroatoms. The molecule has 2 aliphatic rings. The van der Waals surface area contributed by atoms with Crippen LogP contribution in [0.2, 0.25) is 0 Å². The van der Waals surface area contributed by atoms with Gasteiger partial charge in [0.05, 0.1) is 0 Å². The van der Waals surface area contributed by atoms with Gasteiger partial charge in [-0.2, -0.15) is 0 Å². The molecule has 1 saturated carbocycles. The number of hydrogen-bond acceptors (Lipinski definition) is 3. The van der Waals surface area contributed by atoms with Crippen LogP contribution in [-0.2, 0) is 4.79 Å². The highest BCUT2D eigenvalue weighted by atomic mass is 127. The van der Waals surface area contributed by atoms with Gasteiger partial charge in [0.25, 0.3) is 0 Å². The van der Waals surface area contributed by atoms with Gasteiger partial charge >= 0.3 is 0 Å². The summed E-state index contributed by atoms with van der Waals surface area (Å²) in [5.74, 6) is 0.842. The molecule has 2 fully saturated rings. The van der Waals surface area contributed by atoms with Crippen LogP contribution in [0.3, 0.4) is 0 Å². The summed E-state index contributed by atoms with van der Waals surface area (Å²) in [5.41, 5.74) is 0. The molecule has 0 radical (unpaired) electrons. The lowest BCUT2D eigenvalue weighted by Crippen LogP contribution is -2.46. The van der Waals surface area contributed by atoms with E-state index in [0.29, 0.717) is 12.1 Å². The fourth-order valence-corrected chi connectivity index (χ4v) is 3.82. The predicted molar refractivity (Wildman–Crippen MR) is 124 cm³/mol. The topological polar surface area (TPSA) is 60.0 Å². The van der Waals surface area contributed by atoms with Crippen LogP contribution in [0.4, 0.5) is 0 Å². The van der Waals surface area contributed by atoms with Crippen LogP contribution in [0.15, 0.2) is 4.99 Å². The van der Waals surface area contributed by atoms with Gasteiger partial charge in [0, 0.05) is 32.7 Å². The van der Waals surface area contributed by atoms with Gasteiger partial charge in [0.2, 0.25) is 5.91 Å². The van der Waals surface area contributed by atoms with Gasteiger partial charge in [-0.15, -0.1) is 24.0 Å². The summed E-state index contributed by atoms with van der Waals surface area (Å²) in [6, 6.07) is 1.09. The van der Waals surface area contributed by atoms with Crippen LogP contribution in [0.25, 0.3) is 0 Å². The van der Waals surface area contributed by atoms with Crippen molar-refractivity contribution in [1.82, 2.24) is 20.4 Å². The van der Waals surface area contributed by atoms with Crippen molar-refractivity contribution in [2.24, 2.45) is 4.99 Å². The van der Waals surface area contributed by atoms with Crippen LogP contribution >= 0.6 is 24.0 Å². The summed E-state index contributed by atoms with van der Waals surface area (Å²) < 4.78 is 0. The quantitative estimate of drug-likeness (QED) is 0.326. The van der Waals surface area contributed by atoms with Gasteiger partial charge in [-0.3, -0.25) is 4.79 Å². The van der Waals surface area contributed by atoms with Crippen molar-refractivity contribution in [2.45, 2.75) is 76.8 Å². The summed E-state index contributed by atoms with van der Waals surface area (Å²) in [6.07, 6.45) is 11.5. The maximum atomic E-state index is 11.9. The third-order valence-corrected chi connectivity index (χ3v) is 5.69. The molecule has 158 valence electrons. The number of rotatable bonds is 7. The number of amides is 1. The van der Waals surface area contributed by atoms with E-state index in [9.17, 15) is 4.79 Å². The molecule has 1 heterocycles. The molecule has 1 amide bonds. The highest BCUT2D eigenvalue weighted by Gasteiger charge is 2.18. The number of guanidine groups is 1. The Kier molecular flexibility index (Phi) is 12.3. The average molecular weight is 493 g/mol. The molecule has 0 aromatic rings. The number of likely N-dealkylation sites (tertiary alicyclic amines) is 1. The van der Waals surface area contributed by atoms with Gasteiger partial charge < -0.3 is 20.4 Å². The second kappa shape index (κ2) is 13.6. The van der Waals surface area contributed by atoms with Gasteiger partial charge in [-0.05, 0) is 52.1 Å². The van der Waals surface area contributed by atoms with E-state index in [2.05, 4.69) is 27.4 Å². The number of nitrogens with one attached hydrogen (secondary N) is 2. The smallest absolute Gasteiger partial charge is 0.243 e. The fourth-order valence-electron chi connectivity index (χ4n) is 3.82. The van der Waals surface area contributed by atoms with Crippen molar-refractivity contribution >= 4 is 35.8 Å². The average Bonchev–Trinajstić information content (AvgIpc) is 2.67. The zero-order valence-corrected chi connectivity index (χ0v) is 19.8. The first-order chi connectivity index (χ1) is 12.6. The number of aliphatic imine (C=N–C) groups is 1. The Morgan fingerprint density at radius 1 is 1.11 bits per heavy atom. The molecule has 0 aromatic heterocycles. The first-order valence-corrected chi connectivity index (χ1v) is 10.6. The number of nitrogens with zero attached hydrogens (tertiary/aromatic N) is 3. The number of piperidine rings is 1. The largest absolute Gasteiger partial charge is 0.356 e. The lowest BCUT2D eigenvalue weighted by Gasteiger charge is -2.32. The highest BCUT2D eigenvalue weighted by molar-refractivity contribution is 14.0. The van der Waals surface area contributed by atoms with Crippen LogP contribution in [0.5, 0.6) is 0 Å². The number of carbonyl (C=O) groups is 1. The van der Waals surface area contributed by atoms with E-state index < -0.39 is 0 Å². The SMILES string of the molecule is CC(CCNC(=NCC(=O)N(C)C)NC1CCCCC1)N1CCCCC1.I. The van der Waals surface area contributed by atoms with Crippen molar-refractivity contribution in [3.63, 3.8) is 0 Å². The molecule has 6 nitrogen and oxygen atoms in total. The Morgan fingerprint density at radius 2 is 1.74 bits per heavy atom. The van der Waals surface area contributed by atoms with Crippen molar-refractivity contribution in [3.05, 3.63) is 0 Å². The molecule has 0 aromatic carbocycles. The van der Waals surface area contributed by atoms with Gasteiger partial charge in [0.15, 0.2) is 5.96 Å². The highest BCUT2D eigenvalue weighted by Crippen LogP contribution is 2.17. The maximum Gasteiger partial charge on any atom is 0.243 e. The van der Waals surface area contributed by atoms with Crippen molar-refractivity contribution in [1.29, 1.82) is 0 Å². The summed E-state index contributed by atoms with van der Waals surface area (Å²) in [4.78, 5) is 20.6. The molecule has 27 heavy (non-hydrogen) atoms. The number of carbonyl (C=O) groups excluding carboxylic acids is 1. The molecule has 1 aliphatic heterocycles. The minimum absolute atomic E-state index is 0. The Hall–Kier alpha value is -0.570. The third-order valence-electron chi connectivity index (χ3n) is 5.69. The van der Waals surface area contributed by atoms with E-state index in [1.807, 2.05) is 0 Å². The number of halogens is 1. The molecule has 1 aliphatic carbocycles. The molecule has 1 saturated heterocycles. The monoisotopic (exact) mass is 493 g/mol. The van der Waals surface area contributed by atoms with Gasteiger partial charge in [-0.25, -0.2) is 4.99 Å². The normalized spacial score (nSPS) is 20.5. The van der Waals surface area contributed by atoms with Gasteiger partial charge in [-0.1, -0.05) is 25.7 Å². The Labute approximate surface area is 182 Å². The lowest BCUT2D eigenvalue weighted by atomic mass is 9.96. The molecular weight excluding hydrogens is 453 g/mol. The summed E-state index contributed by atoms with van der Waals surface area (Å²) in [5, 5.41) is 7.03. The second-order valence-electron chi connectivity index (χ2n) is 8.09. The maximum absolute atomic E-state index is 11.9. The van der Waals surface area contributed by atoms with E-state index in [1.54, 1.807) is 19.0 Å². The molecule has 0 bridgehead atoms. The standard InChI is InChI=1S/C20H39N5O.HI/c1-17(25-14-8-5-9-15-25)12-13-21-20(22-16-19(26)24(2)3)23-18-10-6-4-7-11-18;/h17-18H,4-16H2,1-3H3,(H2,21,22,23);1H. The minimum Gasteiger partial charge on any atom is -0.356 e. The molecular formula is C20H40IN5O. The summed E-state index contributed by atoms with van der Waals surface area (Å²) in [7, 11) is 3.56. The second-order valence-corrected chi connectivity index (χ2v) is 8.09. The molecule has 1 unspecified atom stereocenters. The Bertz CT molecular complexity index is 446. The zero-order valence-electron chi connectivity index (χ0n) is 17.5. The fraction of sp³-hybridized carbons (Fsp3) is 0.900. The Morgan fingerprint density at radius 3 is 2.37 bits per heavy atom.